The van der Waals surface area contributed by atoms with Crippen LogP contribution in [0.2, 0.25) is 13.1 Å². The van der Waals surface area contributed by atoms with Crippen LogP contribution in [0.3, 0.4) is 0 Å². The molecule has 6 heavy (non-hydrogen) atoms. The quantitative estimate of drug-likeness (QED) is 0.497. The molecule has 0 heterocycles. The summed E-state index contributed by atoms with van der Waals surface area (Å²) in [5.74, 6) is 0. The number of rotatable bonds is 0. The zero-order chi connectivity index (χ0) is 5.41. The van der Waals surface area contributed by atoms with Crippen LogP contribution in [-0.2, 0) is 17.0 Å². The second kappa shape index (κ2) is 16.0. The molecule has 0 unspecified atom stereocenters. The summed E-state index contributed by atoms with van der Waals surface area (Å²) in [5.41, 5.74) is 0. The molecule has 0 atom stereocenters. The Morgan fingerprint density at radius 3 is 1.33 bits per heavy atom. The van der Waals surface area contributed by atoms with Crippen molar-refractivity contribution in [2.45, 2.75) is 13.1 Å². The first-order valence-corrected chi connectivity index (χ1v) is 8.14. The summed E-state index contributed by atoms with van der Waals surface area (Å²) in [6, 6.07) is 0. The molecule has 0 rings (SSSR count). The molecule has 0 saturated heterocycles. The van der Waals surface area contributed by atoms with Crippen molar-refractivity contribution in [3.8, 4) is 0 Å². The maximum absolute atomic E-state index is 4.89. The molecule has 0 amide bonds. The van der Waals surface area contributed by atoms with Gasteiger partial charge in [-0.25, -0.2) is 0 Å². The van der Waals surface area contributed by atoms with Gasteiger partial charge in [0.1, 0.15) is 0 Å². The van der Waals surface area contributed by atoms with Crippen molar-refractivity contribution in [3.63, 3.8) is 0 Å². The molecule has 0 fully saturated rings. The van der Waals surface area contributed by atoms with E-state index < -0.39 is 17.0 Å². The second-order valence-corrected chi connectivity index (χ2v) is 4.38. The zero-order valence-corrected chi connectivity index (χ0v) is 8.06. The SMILES string of the molecule is C[SiH]C.[Cl][Ti][Cl]. The van der Waals surface area contributed by atoms with Gasteiger partial charge in [0.25, 0.3) is 0 Å². The van der Waals surface area contributed by atoms with Crippen molar-refractivity contribution in [2.24, 2.45) is 0 Å². The first-order chi connectivity index (χ1) is 2.83. The Hall–Kier alpha value is 1.51. The Labute approximate surface area is 58.1 Å². The predicted octanol–water partition coefficient (Wildman–Crippen LogP) is 1.90. The van der Waals surface area contributed by atoms with Crippen molar-refractivity contribution in [1.29, 1.82) is 0 Å². The fraction of sp³-hybridized carbons (Fsp3) is 1.00. The van der Waals surface area contributed by atoms with Gasteiger partial charge in [0.2, 0.25) is 0 Å². The Balaban J connectivity index is 0. The van der Waals surface area contributed by atoms with E-state index in [9.17, 15) is 0 Å². The average Bonchev–Trinajstić information content (AvgIpc) is 1.39. The van der Waals surface area contributed by atoms with Gasteiger partial charge in [0, 0.05) is 9.52 Å². The molecule has 0 aliphatic carbocycles. The summed E-state index contributed by atoms with van der Waals surface area (Å²) in [7, 11) is 10.5. The average molecular weight is 178 g/mol. The van der Waals surface area contributed by atoms with Crippen LogP contribution in [0.5, 0.6) is 0 Å². The molecule has 0 aliphatic heterocycles. The van der Waals surface area contributed by atoms with Gasteiger partial charge in [-0.15, -0.1) is 0 Å². The third kappa shape index (κ3) is 49.1. The van der Waals surface area contributed by atoms with Gasteiger partial charge in [-0.05, 0) is 0 Å². The van der Waals surface area contributed by atoms with Gasteiger partial charge in [-0.3, -0.25) is 0 Å². The summed E-state index contributed by atoms with van der Waals surface area (Å²) in [4.78, 5) is 0. The number of hydrogen-bond acceptors (Lipinski definition) is 0. The Bertz CT molecular complexity index is 13.5. The fourth-order valence-corrected chi connectivity index (χ4v) is 0. The van der Waals surface area contributed by atoms with Crippen LogP contribution in [0.25, 0.3) is 0 Å². The van der Waals surface area contributed by atoms with E-state index in [0.717, 1.165) is 9.52 Å². The predicted molar refractivity (Wildman–Crippen MR) is 30.6 cm³/mol. The molecular formula is C2H7Cl2SiTi. The van der Waals surface area contributed by atoms with Gasteiger partial charge in [0.15, 0.2) is 0 Å². The first-order valence-electron chi connectivity index (χ1n) is 1.53. The molecule has 4 heteroatoms. The minimum absolute atomic E-state index is 0.556. The van der Waals surface area contributed by atoms with Gasteiger partial charge in [-0.1, -0.05) is 13.1 Å². The van der Waals surface area contributed by atoms with Crippen LogP contribution >= 0.6 is 18.6 Å². The van der Waals surface area contributed by atoms with E-state index in [-0.39, 0.29) is 0 Å². The van der Waals surface area contributed by atoms with E-state index >= 15 is 0 Å². The molecule has 0 aromatic rings. The standard InChI is InChI=1S/C2H7Si.2ClH.Ti/c1-3-2;;;/h3H,1-2H3;2*1H;/q;;;+2/p-2. The van der Waals surface area contributed by atoms with Crippen molar-refractivity contribution in [1.82, 2.24) is 0 Å². The first kappa shape index (κ1) is 10.5. The molecule has 1 radical (unpaired) electrons. The van der Waals surface area contributed by atoms with Gasteiger partial charge < -0.3 is 0 Å². The Morgan fingerprint density at radius 2 is 1.33 bits per heavy atom. The summed E-state index contributed by atoms with van der Waals surface area (Å²) in [5, 5.41) is 0. The number of halogens is 2. The van der Waals surface area contributed by atoms with Crippen LogP contribution in [0.4, 0.5) is 0 Å². The summed E-state index contributed by atoms with van der Waals surface area (Å²) >= 11 is -0.556. The van der Waals surface area contributed by atoms with Crippen LogP contribution in [-0.4, -0.2) is 9.52 Å². The van der Waals surface area contributed by atoms with E-state index in [0.29, 0.717) is 0 Å². The van der Waals surface area contributed by atoms with Crippen LogP contribution in [0.1, 0.15) is 0 Å². The van der Waals surface area contributed by atoms with Gasteiger partial charge in [0.05, 0.1) is 0 Å². The molecule has 0 N–H and O–H groups in total. The molecule has 0 aromatic carbocycles. The van der Waals surface area contributed by atoms with Crippen molar-refractivity contribution >= 4 is 28.1 Å². The van der Waals surface area contributed by atoms with Gasteiger partial charge in [-0.2, -0.15) is 0 Å². The Morgan fingerprint density at radius 1 is 1.33 bits per heavy atom. The molecule has 0 bridgehead atoms. The summed E-state index contributed by atoms with van der Waals surface area (Å²) in [6.45, 7) is 4.42. The van der Waals surface area contributed by atoms with E-state index in [1.165, 1.54) is 0 Å². The van der Waals surface area contributed by atoms with Crippen LogP contribution in [0, 0.1) is 0 Å². The molecule has 0 aliphatic rings. The number of hydrogen-bond donors (Lipinski definition) is 0. The third-order valence-corrected chi connectivity index (χ3v) is 0. The molecule has 0 nitrogen and oxygen atoms in total. The van der Waals surface area contributed by atoms with Crippen molar-refractivity contribution < 1.29 is 17.0 Å². The van der Waals surface area contributed by atoms with Crippen molar-refractivity contribution in [2.75, 3.05) is 0 Å². The van der Waals surface area contributed by atoms with Crippen LogP contribution < -0.4 is 0 Å². The van der Waals surface area contributed by atoms with Crippen molar-refractivity contribution in [3.05, 3.63) is 0 Å². The monoisotopic (exact) mass is 177 g/mol. The van der Waals surface area contributed by atoms with Crippen LogP contribution in [0.15, 0.2) is 0 Å². The fourth-order valence-electron chi connectivity index (χ4n) is 0. The summed E-state index contributed by atoms with van der Waals surface area (Å²) < 4.78 is 0. The molecule has 0 aromatic heterocycles. The maximum atomic E-state index is 4.89. The molecule has 0 spiro atoms. The third-order valence-electron chi connectivity index (χ3n) is 0. The topological polar surface area (TPSA) is 0 Å². The Kier molecular flexibility index (Phi) is 28.0. The molecule has 0 saturated carbocycles. The van der Waals surface area contributed by atoms with E-state index in [4.69, 9.17) is 18.6 Å². The zero-order valence-electron chi connectivity index (χ0n) is 3.83. The van der Waals surface area contributed by atoms with Gasteiger partial charge >= 0.3 is 35.6 Å². The van der Waals surface area contributed by atoms with E-state index in [2.05, 4.69) is 13.1 Å². The second-order valence-electron chi connectivity index (χ2n) is 0.649. The minimum atomic E-state index is -0.556. The molecule has 37 valence electrons. The molecular weight excluding hydrogens is 171 g/mol. The van der Waals surface area contributed by atoms with E-state index in [1.54, 1.807) is 0 Å². The van der Waals surface area contributed by atoms with E-state index in [1.807, 2.05) is 0 Å². The normalized spacial score (nSPS) is 5.33. The summed E-state index contributed by atoms with van der Waals surface area (Å²) in [6.07, 6.45) is 0.